The molecule has 4 rings (SSSR count). The van der Waals surface area contributed by atoms with Crippen molar-refractivity contribution in [1.82, 2.24) is 20.4 Å². The molecule has 2 amide bonds. The van der Waals surface area contributed by atoms with Gasteiger partial charge in [0, 0.05) is 17.8 Å². The van der Waals surface area contributed by atoms with Crippen LogP contribution in [-0.4, -0.2) is 31.1 Å². The predicted molar refractivity (Wildman–Crippen MR) is 108 cm³/mol. The summed E-state index contributed by atoms with van der Waals surface area (Å²) in [4.78, 5) is 33.7. The Morgan fingerprint density at radius 1 is 1.15 bits per heavy atom. The van der Waals surface area contributed by atoms with E-state index in [1.807, 2.05) is 36.4 Å². The SMILES string of the molecule is O=C(NN1C(=O)C(=Cc2ccc3ccccc3n2)SC1=S)c1cccnc1. The van der Waals surface area contributed by atoms with Gasteiger partial charge in [0.25, 0.3) is 11.8 Å². The fraction of sp³-hybridized carbons (Fsp3) is 0. The predicted octanol–water partition coefficient (Wildman–Crippen LogP) is 3.18. The second kappa shape index (κ2) is 7.26. The van der Waals surface area contributed by atoms with Crippen molar-refractivity contribution in [2.45, 2.75) is 0 Å². The molecule has 0 atom stereocenters. The molecule has 132 valence electrons. The fourth-order valence-electron chi connectivity index (χ4n) is 2.52. The normalized spacial score (nSPS) is 15.6. The smallest absolute Gasteiger partial charge is 0.267 e. The lowest BCUT2D eigenvalue weighted by atomic mass is 10.2. The van der Waals surface area contributed by atoms with Crippen molar-refractivity contribution >= 4 is 57.1 Å². The molecule has 27 heavy (non-hydrogen) atoms. The van der Waals surface area contributed by atoms with Crippen LogP contribution in [0.3, 0.4) is 0 Å². The Bertz CT molecular complexity index is 1100. The van der Waals surface area contributed by atoms with E-state index in [1.54, 1.807) is 24.4 Å². The van der Waals surface area contributed by atoms with Crippen molar-refractivity contribution in [3.05, 3.63) is 77.1 Å². The minimum atomic E-state index is -0.454. The molecule has 1 aliphatic rings. The molecule has 0 unspecified atom stereocenters. The number of carbonyl (C=O) groups excluding carboxylic acids is 2. The number of thiocarbonyl (C=S) groups is 1. The third-order valence-corrected chi connectivity index (χ3v) is 5.13. The van der Waals surface area contributed by atoms with Gasteiger partial charge in [0.2, 0.25) is 0 Å². The van der Waals surface area contributed by atoms with Gasteiger partial charge >= 0.3 is 0 Å². The summed E-state index contributed by atoms with van der Waals surface area (Å²) in [6, 6.07) is 14.8. The zero-order chi connectivity index (χ0) is 18.8. The Labute approximate surface area is 164 Å². The van der Waals surface area contributed by atoms with Gasteiger partial charge in [0.1, 0.15) is 0 Å². The standard InChI is InChI=1S/C19H12N4O2S2/c24-17(13-5-3-9-20-11-13)22-23-18(25)16(27-19(23)26)10-14-8-7-12-4-1-2-6-15(12)21-14/h1-11H,(H,22,24). The first-order chi connectivity index (χ1) is 13.1. The molecule has 2 aromatic heterocycles. The van der Waals surface area contributed by atoms with Gasteiger partial charge in [-0.15, -0.1) is 0 Å². The van der Waals surface area contributed by atoms with Gasteiger partial charge in [-0.25, -0.2) is 4.98 Å². The molecule has 0 bridgehead atoms. The maximum atomic E-state index is 12.6. The third-order valence-electron chi connectivity index (χ3n) is 3.83. The number of para-hydroxylation sites is 1. The van der Waals surface area contributed by atoms with Gasteiger partial charge in [-0.3, -0.25) is 20.0 Å². The maximum absolute atomic E-state index is 12.6. The average molecular weight is 392 g/mol. The molecule has 8 heteroatoms. The number of hydrogen-bond acceptors (Lipinski definition) is 6. The van der Waals surface area contributed by atoms with Crippen molar-refractivity contribution in [3.8, 4) is 0 Å². The molecule has 0 aliphatic carbocycles. The Morgan fingerprint density at radius 3 is 2.81 bits per heavy atom. The number of pyridine rings is 2. The van der Waals surface area contributed by atoms with Gasteiger partial charge in [0.05, 0.1) is 21.7 Å². The first-order valence-corrected chi connectivity index (χ1v) is 9.19. The topological polar surface area (TPSA) is 75.2 Å². The highest BCUT2D eigenvalue weighted by Gasteiger charge is 2.33. The summed E-state index contributed by atoms with van der Waals surface area (Å²) in [6.07, 6.45) is 4.65. The monoisotopic (exact) mass is 392 g/mol. The molecule has 3 heterocycles. The maximum Gasteiger partial charge on any atom is 0.285 e. The third kappa shape index (κ3) is 3.57. The van der Waals surface area contributed by atoms with Crippen molar-refractivity contribution < 1.29 is 9.59 Å². The van der Waals surface area contributed by atoms with E-state index < -0.39 is 11.8 Å². The number of nitrogens with one attached hydrogen (secondary N) is 1. The second-order valence-corrected chi connectivity index (χ2v) is 7.30. The number of thioether (sulfide) groups is 1. The van der Waals surface area contributed by atoms with E-state index >= 15 is 0 Å². The zero-order valence-electron chi connectivity index (χ0n) is 13.8. The number of hydrazine groups is 1. The van der Waals surface area contributed by atoms with E-state index in [1.165, 1.54) is 6.20 Å². The summed E-state index contributed by atoms with van der Waals surface area (Å²) in [7, 11) is 0. The Morgan fingerprint density at radius 2 is 2.00 bits per heavy atom. The summed E-state index contributed by atoms with van der Waals surface area (Å²) >= 11 is 6.35. The molecule has 1 N–H and O–H groups in total. The van der Waals surface area contributed by atoms with Crippen LogP contribution in [-0.2, 0) is 4.79 Å². The van der Waals surface area contributed by atoms with Crippen LogP contribution in [0.4, 0.5) is 0 Å². The fourth-order valence-corrected chi connectivity index (χ4v) is 3.69. The van der Waals surface area contributed by atoms with Crippen molar-refractivity contribution in [2.24, 2.45) is 0 Å². The van der Waals surface area contributed by atoms with Gasteiger partial charge in [-0.2, -0.15) is 5.01 Å². The highest BCUT2D eigenvalue weighted by Crippen LogP contribution is 2.31. The van der Waals surface area contributed by atoms with Crippen molar-refractivity contribution in [2.75, 3.05) is 0 Å². The second-order valence-electron chi connectivity index (χ2n) is 5.63. The lowest BCUT2D eigenvalue weighted by molar-refractivity contribution is -0.123. The van der Waals surface area contributed by atoms with Crippen LogP contribution in [0.15, 0.2) is 65.8 Å². The minimum absolute atomic E-state index is 0.254. The van der Waals surface area contributed by atoms with E-state index in [9.17, 15) is 9.59 Å². The number of rotatable bonds is 3. The van der Waals surface area contributed by atoms with Crippen molar-refractivity contribution in [3.63, 3.8) is 0 Å². The molecule has 1 saturated heterocycles. The number of nitrogens with zero attached hydrogens (tertiary/aromatic N) is 3. The first-order valence-electron chi connectivity index (χ1n) is 7.96. The average Bonchev–Trinajstić information content (AvgIpc) is 2.96. The Balaban J connectivity index is 1.56. The molecular weight excluding hydrogens is 380 g/mol. The number of benzene rings is 1. The molecule has 1 fully saturated rings. The molecule has 6 nitrogen and oxygen atoms in total. The number of amides is 2. The molecule has 0 radical (unpaired) electrons. The van der Waals surface area contributed by atoms with Gasteiger partial charge in [0.15, 0.2) is 4.32 Å². The van der Waals surface area contributed by atoms with Crippen LogP contribution in [0.2, 0.25) is 0 Å². The van der Waals surface area contributed by atoms with Crippen LogP contribution in [0.5, 0.6) is 0 Å². The number of carbonyl (C=O) groups is 2. The van der Waals surface area contributed by atoms with Crippen LogP contribution < -0.4 is 5.43 Å². The lowest BCUT2D eigenvalue weighted by Gasteiger charge is -2.15. The molecule has 3 aromatic rings. The van der Waals surface area contributed by atoms with E-state index in [0.29, 0.717) is 16.2 Å². The number of hydrogen-bond donors (Lipinski definition) is 1. The minimum Gasteiger partial charge on any atom is -0.267 e. The summed E-state index contributed by atoms with van der Waals surface area (Å²) in [5.74, 6) is -0.846. The van der Waals surface area contributed by atoms with Crippen LogP contribution in [0, 0.1) is 0 Å². The zero-order valence-corrected chi connectivity index (χ0v) is 15.5. The van der Waals surface area contributed by atoms with Gasteiger partial charge in [-0.1, -0.05) is 36.0 Å². The van der Waals surface area contributed by atoms with Crippen molar-refractivity contribution in [1.29, 1.82) is 0 Å². The quantitative estimate of drug-likeness (QED) is 0.545. The van der Waals surface area contributed by atoms with Gasteiger partial charge < -0.3 is 0 Å². The van der Waals surface area contributed by atoms with E-state index in [0.717, 1.165) is 27.7 Å². The van der Waals surface area contributed by atoms with Crippen LogP contribution in [0.1, 0.15) is 16.1 Å². The Kier molecular flexibility index (Phi) is 4.66. The summed E-state index contributed by atoms with van der Waals surface area (Å²) in [6.45, 7) is 0. The van der Waals surface area contributed by atoms with Crippen LogP contribution >= 0.6 is 24.0 Å². The van der Waals surface area contributed by atoms with Crippen LogP contribution in [0.25, 0.3) is 17.0 Å². The summed E-state index contributed by atoms with van der Waals surface area (Å²) < 4.78 is 0.254. The molecular formula is C19H12N4O2S2. The molecule has 0 spiro atoms. The largest absolute Gasteiger partial charge is 0.285 e. The highest BCUT2D eigenvalue weighted by molar-refractivity contribution is 8.26. The van der Waals surface area contributed by atoms with Gasteiger partial charge in [-0.05, 0) is 42.6 Å². The lowest BCUT2D eigenvalue weighted by Crippen LogP contribution is -2.44. The molecule has 1 aromatic carbocycles. The van der Waals surface area contributed by atoms with E-state index in [4.69, 9.17) is 12.2 Å². The highest BCUT2D eigenvalue weighted by atomic mass is 32.2. The summed E-state index contributed by atoms with van der Waals surface area (Å²) in [5, 5.41) is 2.09. The molecule has 1 aliphatic heterocycles. The van der Waals surface area contributed by atoms with E-state index in [-0.39, 0.29) is 4.32 Å². The molecule has 0 saturated carbocycles. The summed E-state index contributed by atoms with van der Waals surface area (Å²) in [5.41, 5.74) is 4.35. The number of aromatic nitrogens is 2. The number of fused-ring (bicyclic) bond motifs is 1. The van der Waals surface area contributed by atoms with E-state index in [2.05, 4.69) is 15.4 Å². The Hall–Kier alpha value is -3.10. The first kappa shape index (κ1) is 17.3.